The van der Waals surface area contributed by atoms with Crippen LogP contribution in [0, 0.1) is 0 Å². The maximum Gasteiger partial charge on any atom is 0.247 e. The highest BCUT2D eigenvalue weighted by atomic mass is 16.5. The van der Waals surface area contributed by atoms with Gasteiger partial charge in [-0.1, -0.05) is 12.1 Å². The Kier molecular flexibility index (Phi) is 5.52. The Hall–Kier alpha value is -2.94. The van der Waals surface area contributed by atoms with Crippen molar-refractivity contribution >= 4 is 29.0 Å². The summed E-state index contributed by atoms with van der Waals surface area (Å²) in [6, 6.07) is 8.18. The largest absolute Gasteiger partial charge is 0.378 e. The number of para-hydroxylation sites is 2. The zero-order valence-corrected chi connectivity index (χ0v) is 16.0. The molecule has 148 valence electrons. The van der Waals surface area contributed by atoms with Gasteiger partial charge in [-0.25, -0.2) is 0 Å². The van der Waals surface area contributed by atoms with Crippen molar-refractivity contribution in [3.8, 4) is 0 Å². The van der Waals surface area contributed by atoms with E-state index in [-0.39, 0.29) is 5.91 Å². The molecule has 1 aromatic heterocycles. The van der Waals surface area contributed by atoms with Crippen LogP contribution in [0.1, 0.15) is 6.92 Å². The molecular formula is C19H25N7O2. The van der Waals surface area contributed by atoms with Crippen molar-refractivity contribution in [2.45, 2.75) is 6.92 Å². The first-order valence-electron chi connectivity index (χ1n) is 9.59. The number of morpholine rings is 1. The zero-order valence-electron chi connectivity index (χ0n) is 16.0. The van der Waals surface area contributed by atoms with E-state index in [2.05, 4.69) is 36.4 Å². The number of carbonyl (C=O) groups is 1. The Morgan fingerprint density at radius 2 is 1.79 bits per heavy atom. The fourth-order valence-electron chi connectivity index (χ4n) is 3.51. The number of nitrogens with zero attached hydrogens (tertiary/aromatic N) is 6. The van der Waals surface area contributed by atoms with Gasteiger partial charge in [-0.15, -0.1) is 5.10 Å². The Labute approximate surface area is 164 Å². The van der Waals surface area contributed by atoms with E-state index in [0.717, 1.165) is 37.7 Å². The Bertz CT molecular complexity index is 817. The molecule has 0 atom stereocenters. The van der Waals surface area contributed by atoms with Gasteiger partial charge in [0, 0.05) is 46.2 Å². The third kappa shape index (κ3) is 4.14. The molecule has 2 aliphatic rings. The molecule has 9 nitrogen and oxygen atoms in total. The minimum Gasteiger partial charge on any atom is -0.378 e. The van der Waals surface area contributed by atoms with Gasteiger partial charge >= 0.3 is 0 Å². The Balaban J connectivity index is 1.48. The molecule has 1 aromatic carbocycles. The van der Waals surface area contributed by atoms with Crippen LogP contribution < -0.4 is 15.1 Å². The summed E-state index contributed by atoms with van der Waals surface area (Å²) in [5.41, 5.74) is 2.11. The van der Waals surface area contributed by atoms with Crippen LogP contribution in [0.4, 0.5) is 23.1 Å². The number of carbonyl (C=O) groups excluding carboxylic acids is 1. The van der Waals surface area contributed by atoms with Gasteiger partial charge in [-0.05, 0) is 12.1 Å². The summed E-state index contributed by atoms with van der Waals surface area (Å²) < 4.78 is 5.46. The predicted octanol–water partition coefficient (Wildman–Crippen LogP) is 1.12. The topological polar surface area (TPSA) is 86.7 Å². The molecule has 28 heavy (non-hydrogen) atoms. The van der Waals surface area contributed by atoms with Crippen LogP contribution in [0.25, 0.3) is 0 Å². The maximum atomic E-state index is 11.5. The van der Waals surface area contributed by atoms with Gasteiger partial charge in [-0.2, -0.15) is 10.1 Å². The van der Waals surface area contributed by atoms with Gasteiger partial charge in [0.15, 0.2) is 5.82 Å². The highest BCUT2D eigenvalue weighted by molar-refractivity contribution is 5.74. The van der Waals surface area contributed by atoms with Crippen LogP contribution in [0.5, 0.6) is 0 Å². The molecule has 1 amide bonds. The van der Waals surface area contributed by atoms with Gasteiger partial charge in [0.05, 0.1) is 30.8 Å². The highest BCUT2D eigenvalue weighted by Crippen LogP contribution is 2.28. The first-order chi connectivity index (χ1) is 13.7. The van der Waals surface area contributed by atoms with E-state index < -0.39 is 0 Å². The molecule has 0 spiro atoms. The summed E-state index contributed by atoms with van der Waals surface area (Å²) in [5.74, 6) is 1.34. The van der Waals surface area contributed by atoms with Crippen molar-refractivity contribution in [1.82, 2.24) is 20.1 Å². The molecule has 0 aliphatic carbocycles. The number of ether oxygens (including phenoxy) is 1. The summed E-state index contributed by atoms with van der Waals surface area (Å²) in [4.78, 5) is 22.4. The number of hydrogen-bond donors (Lipinski definition) is 1. The molecule has 0 saturated carbocycles. The minimum absolute atomic E-state index is 0.105. The number of benzene rings is 1. The smallest absolute Gasteiger partial charge is 0.247 e. The third-order valence-corrected chi connectivity index (χ3v) is 5.07. The molecule has 2 aromatic rings. The molecule has 3 heterocycles. The van der Waals surface area contributed by atoms with Gasteiger partial charge in [0.25, 0.3) is 0 Å². The lowest BCUT2D eigenvalue weighted by atomic mass is 10.2. The number of aromatic nitrogens is 3. The van der Waals surface area contributed by atoms with Crippen molar-refractivity contribution < 1.29 is 9.53 Å². The lowest BCUT2D eigenvalue weighted by molar-refractivity contribution is -0.129. The molecule has 0 unspecified atom stereocenters. The van der Waals surface area contributed by atoms with E-state index in [1.165, 1.54) is 0 Å². The molecule has 9 heteroatoms. The number of hydrogen-bond acceptors (Lipinski definition) is 8. The molecular weight excluding hydrogens is 358 g/mol. The van der Waals surface area contributed by atoms with E-state index in [1.54, 1.807) is 13.1 Å². The van der Waals surface area contributed by atoms with Crippen LogP contribution >= 0.6 is 0 Å². The van der Waals surface area contributed by atoms with E-state index in [9.17, 15) is 4.79 Å². The van der Waals surface area contributed by atoms with Gasteiger partial charge in [0.2, 0.25) is 11.9 Å². The summed E-state index contributed by atoms with van der Waals surface area (Å²) in [6.07, 6.45) is 1.63. The minimum atomic E-state index is 0.105. The number of nitrogens with one attached hydrogen (secondary N) is 1. The first-order valence-corrected chi connectivity index (χ1v) is 9.59. The third-order valence-electron chi connectivity index (χ3n) is 5.07. The van der Waals surface area contributed by atoms with Gasteiger partial charge in [-0.3, -0.25) is 4.79 Å². The van der Waals surface area contributed by atoms with Crippen molar-refractivity contribution in [2.24, 2.45) is 0 Å². The number of amides is 1. The van der Waals surface area contributed by atoms with Crippen LogP contribution in [0.3, 0.4) is 0 Å². The lowest BCUT2D eigenvalue weighted by Gasteiger charge is -2.34. The standard InChI is InChI=1S/C19H25N7O2/c1-15(27)24-6-8-26(9-7-24)19-22-18(14-20-23-19)21-16-4-2-3-5-17(16)25-10-12-28-13-11-25/h2-5,14H,6-13H2,1H3,(H,21,22,23). The van der Waals surface area contributed by atoms with Gasteiger partial charge < -0.3 is 24.8 Å². The average molecular weight is 383 g/mol. The second-order valence-electron chi connectivity index (χ2n) is 6.88. The highest BCUT2D eigenvalue weighted by Gasteiger charge is 2.21. The van der Waals surface area contributed by atoms with E-state index in [4.69, 9.17) is 4.74 Å². The van der Waals surface area contributed by atoms with E-state index in [1.807, 2.05) is 23.1 Å². The van der Waals surface area contributed by atoms with Gasteiger partial charge in [0.1, 0.15) is 0 Å². The van der Waals surface area contributed by atoms with Crippen molar-refractivity contribution in [3.05, 3.63) is 30.5 Å². The summed E-state index contributed by atoms with van der Waals surface area (Å²) in [6.45, 7) is 7.57. The second kappa shape index (κ2) is 8.39. The summed E-state index contributed by atoms with van der Waals surface area (Å²) in [7, 11) is 0. The first kappa shape index (κ1) is 18.4. The fourth-order valence-corrected chi connectivity index (χ4v) is 3.51. The molecule has 2 saturated heterocycles. The number of anilines is 4. The molecule has 0 bridgehead atoms. The number of piperazine rings is 1. The van der Waals surface area contributed by atoms with Crippen molar-refractivity contribution in [1.29, 1.82) is 0 Å². The Morgan fingerprint density at radius 3 is 2.54 bits per heavy atom. The Morgan fingerprint density at radius 1 is 1.04 bits per heavy atom. The average Bonchev–Trinajstić information content (AvgIpc) is 2.75. The summed E-state index contributed by atoms with van der Waals surface area (Å²) >= 11 is 0. The van der Waals surface area contributed by atoms with Crippen LogP contribution in [0.2, 0.25) is 0 Å². The number of rotatable bonds is 4. The quantitative estimate of drug-likeness (QED) is 0.841. The molecule has 1 N–H and O–H groups in total. The van der Waals surface area contributed by atoms with E-state index >= 15 is 0 Å². The molecule has 0 radical (unpaired) electrons. The van der Waals surface area contributed by atoms with Crippen LogP contribution in [-0.2, 0) is 9.53 Å². The molecule has 4 rings (SSSR count). The summed E-state index contributed by atoms with van der Waals surface area (Å²) in [5, 5.41) is 11.7. The maximum absolute atomic E-state index is 11.5. The normalized spacial score (nSPS) is 17.5. The van der Waals surface area contributed by atoms with Crippen LogP contribution in [0.15, 0.2) is 30.5 Å². The van der Waals surface area contributed by atoms with Crippen LogP contribution in [-0.4, -0.2) is 78.5 Å². The van der Waals surface area contributed by atoms with Crippen molar-refractivity contribution in [3.63, 3.8) is 0 Å². The zero-order chi connectivity index (χ0) is 19.3. The second-order valence-corrected chi connectivity index (χ2v) is 6.88. The fraction of sp³-hybridized carbons (Fsp3) is 0.474. The van der Waals surface area contributed by atoms with Crippen molar-refractivity contribution in [2.75, 3.05) is 67.6 Å². The molecule has 2 aliphatic heterocycles. The monoisotopic (exact) mass is 383 g/mol. The van der Waals surface area contributed by atoms with E-state index in [0.29, 0.717) is 37.9 Å². The SMILES string of the molecule is CC(=O)N1CCN(c2nncc(Nc3ccccc3N3CCOCC3)n2)CC1. The predicted molar refractivity (Wildman–Crippen MR) is 107 cm³/mol. The molecule has 2 fully saturated rings. The lowest BCUT2D eigenvalue weighted by Crippen LogP contribution is -2.48.